The van der Waals surface area contributed by atoms with Crippen LogP contribution in [0.2, 0.25) is 0 Å². The molecule has 8 heteroatoms. The van der Waals surface area contributed by atoms with Crippen LogP contribution in [0.1, 0.15) is 11.3 Å². The number of nitrogens with zero attached hydrogens (tertiary/aromatic N) is 2. The van der Waals surface area contributed by atoms with Crippen LogP contribution in [0.25, 0.3) is 16.7 Å². The van der Waals surface area contributed by atoms with Crippen molar-refractivity contribution in [3.05, 3.63) is 94.3 Å². The minimum Gasteiger partial charge on any atom is -0.378 e. The van der Waals surface area contributed by atoms with Gasteiger partial charge in [0.15, 0.2) is 11.1 Å². The lowest BCUT2D eigenvalue weighted by molar-refractivity contribution is -0.136. The van der Waals surface area contributed by atoms with Crippen molar-refractivity contribution in [3.63, 3.8) is 0 Å². The average Bonchev–Trinajstić information content (AvgIpc) is 2.74. The average molecular weight is 425 g/mol. The zero-order valence-electron chi connectivity index (χ0n) is 16.5. The Bertz CT molecular complexity index is 1270. The maximum absolute atomic E-state index is 13.9. The topological polar surface area (TPSA) is 56.1 Å². The molecule has 4 rings (SSSR count). The van der Waals surface area contributed by atoms with Crippen LogP contribution in [-0.2, 0) is 17.5 Å². The maximum atomic E-state index is 13.9. The molecule has 2 aromatic carbocycles. The Balaban J connectivity index is 2.10. The molecule has 31 heavy (non-hydrogen) atoms. The molecule has 0 radical (unpaired) electrons. The van der Waals surface area contributed by atoms with E-state index in [9.17, 15) is 18.0 Å². The number of hydrogen-bond donors (Lipinski definition) is 1. The van der Waals surface area contributed by atoms with E-state index in [1.54, 1.807) is 42.5 Å². The third-order valence-corrected chi connectivity index (χ3v) is 4.68. The molecule has 0 amide bonds. The molecular weight excluding hydrogens is 407 g/mol. The first-order valence-corrected chi connectivity index (χ1v) is 9.42. The van der Waals surface area contributed by atoms with Crippen LogP contribution in [0.3, 0.4) is 0 Å². The quantitative estimate of drug-likeness (QED) is 0.472. The number of anilines is 2. The lowest BCUT2D eigenvalue weighted by Gasteiger charge is -2.20. The first kappa shape index (κ1) is 20.6. The van der Waals surface area contributed by atoms with Gasteiger partial charge in [0.25, 0.3) is 0 Å². The van der Waals surface area contributed by atoms with E-state index in [4.69, 9.17) is 4.74 Å². The second-order valence-electron chi connectivity index (χ2n) is 6.85. The standard InChI is InChI=1S/C23H18F3N3O2/c1-31-14-16-12-18(23(24,25)26)21-19(30)13-20(27-15-8-4-2-5-9-15)29(22(21)28-16)17-10-6-3-7-11-17/h2-13,27H,14H2,1H3. The Hall–Kier alpha value is -3.65. The number of halogens is 3. The van der Waals surface area contributed by atoms with Gasteiger partial charge in [-0.2, -0.15) is 13.2 Å². The van der Waals surface area contributed by atoms with Gasteiger partial charge < -0.3 is 10.1 Å². The molecule has 0 saturated heterocycles. The fourth-order valence-electron chi connectivity index (χ4n) is 3.41. The predicted molar refractivity (Wildman–Crippen MR) is 113 cm³/mol. The molecule has 4 aromatic rings. The number of benzene rings is 2. The third-order valence-electron chi connectivity index (χ3n) is 4.68. The minimum absolute atomic E-state index is 0.0725. The van der Waals surface area contributed by atoms with E-state index in [0.29, 0.717) is 17.2 Å². The Kier molecular flexibility index (Phi) is 5.48. The van der Waals surface area contributed by atoms with Gasteiger partial charge in [-0.25, -0.2) is 4.98 Å². The van der Waals surface area contributed by atoms with Gasteiger partial charge in [0.2, 0.25) is 0 Å². The van der Waals surface area contributed by atoms with Crippen molar-refractivity contribution in [1.29, 1.82) is 0 Å². The molecule has 0 fully saturated rings. The third kappa shape index (κ3) is 4.15. The number of ether oxygens (including phenoxy) is 1. The molecule has 0 unspecified atom stereocenters. The molecule has 0 aliphatic rings. The molecule has 0 saturated carbocycles. The molecule has 2 heterocycles. The zero-order chi connectivity index (χ0) is 22.0. The number of fused-ring (bicyclic) bond motifs is 1. The summed E-state index contributed by atoms with van der Waals surface area (Å²) in [7, 11) is 1.37. The van der Waals surface area contributed by atoms with Crippen LogP contribution in [0, 0.1) is 0 Å². The highest BCUT2D eigenvalue weighted by atomic mass is 19.4. The lowest BCUT2D eigenvalue weighted by Crippen LogP contribution is -2.19. The predicted octanol–water partition coefficient (Wildman–Crippen LogP) is 5.29. The molecule has 0 aliphatic heterocycles. The van der Waals surface area contributed by atoms with Gasteiger partial charge >= 0.3 is 6.18 Å². The molecule has 5 nitrogen and oxygen atoms in total. The largest absolute Gasteiger partial charge is 0.417 e. The van der Waals surface area contributed by atoms with Crippen molar-refractivity contribution in [2.24, 2.45) is 0 Å². The maximum Gasteiger partial charge on any atom is 0.417 e. The monoisotopic (exact) mass is 425 g/mol. The highest BCUT2D eigenvalue weighted by molar-refractivity contribution is 5.84. The summed E-state index contributed by atoms with van der Waals surface area (Å²) in [4.78, 5) is 17.3. The van der Waals surface area contributed by atoms with Gasteiger partial charge in [-0.05, 0) is 30.3 Å². The van der Waals surface area contributed by atoms with Crippen LogP contribution < -0.4 is 10.7 Å². The number of aromatic nitrogens is 2. The second kappa shape index (κ2) is 8.23. The van der Waals surface area contributed by atoms with Crippen LogP contribution in [0.5, 0.6) is 0 Å². The molecule has 0 spiro atoms. The van der Waals surface area contributed by atoms with E-state index >= 15 is 0 Å². The van der Waals surface area contributed by atoms with Gasteiger partial charge in [-0.1, -0.05) is 36.4 Å². The van der Waals surface area contributed by atoms with Crippen molar-refractivity contribution in [1.82, 2.24) is 9.55 Å². The van der Waals surface area contributed by atoms with E-state index in [-0.39, 0.29) is 17.9 Å². The molecule has 1 N–H and O–H groups in total. The Morgan fingerprint density at radius 3 is 2.26 bits per heavy atom. The van der Waals surface area contributed by atoms with Crippen molar-refractivity contribution in [3.8, 4) is 5.69 Å². The summed E-state index contributed by atoms with van der Waals surface area (Å²) in [5.74, 6) is 0.296. The van der Waals surface area contributed by atoms with Gasteiger partial charge in [0, 0.05) is 24.6 Å². The molecule has 0 atom stereocenters. The normalized spacial score (nSPS) is 11.6. The number of rotatable bonds is 5. The summed E-state index contributed by atoms with van der Waals surface area (Å²) in [5.41, 5.74) is -0.603. The van der Waals surface area contributed by atoms with Gasteiger partial charge in [-0.3, -0.25) is 9.36 Å². The molecule has 2 aromatic heterocycles. The number of alkyl halides is 3. The van der Waals surface area contributed by atoms with Crippen molar-refractivity contribution in [2.45, 2.75) is 12.8 Å². The highest BCUT2D eigenvalue weighted by Crippen LogP contribution is 2.35. The smallest absolute Gasteiger partial charge is 0.378 e. The summed E-state index contributed by atoms with van der Waals surface area (Å²) in [5, 5.41) is 2.63. The van der Waals surface area contributed by atoms with Gasteiger partial charge in [-0.15, -0.1) is 0 Å². The summed E-state index contributed by atoms with van der Waals surface area (Å²) in [6.07, 6.45) is -4.73. The molecule has 158 valence electrons. The summed E-state index contributed by atoms with van der Waals surface area (Å²) < 4.78 is 48.1. The second-order valence-corrected chi connectivity index (χ2v) is 6.85. The summed E-state index contributed by atoms with van der Waals surface area (Å²) in [6, 6.07) is 19.9. The number of pyridine rings is 2. The van der Waals surface area contributed by atoms with E-state index in [1.165, 1.54) is 11.7 Å². The summed E-state index contributed by atoms with van der Waals surface area (Å²) in [6.45, 7) is -0.127. The number of para-hydroxylation sites is 2. The summed E-state index contributed by atoms with van der Waals surface area (Å²) >= 11 is 0. The van der Waals surface area contributed by atoms with Crippen molar-refractivity contribution >= 4 is 22.5 Å². The molecule has 0 aliphatic carbocycles. The fraction of sp³-hybridized carbons (Fsp3) is 0.130. The van der Waals surface area contributed by atoms with Crippen LogP contribution >= 0.6 is 0 Å². The van der Waals surface area contributed by atoms with Crippen LogP contribution in [0.15, 0.2) is 77.6 Å². The van der Waals surface area contributed by atoms with E-state index < -0.39 is 22.6 Å². The van der Waals surface area contributed by atoms with E-state index in [0.717, 1.165) is 12.1 Å². The number of methoxy groups -OCH3 is 1. The van der Waals surface area contributed by atoms with Crippen molar-refractivity contribution < 1.29 is 17.9 Å². The Labute approximate surface area is 175 Å². The fourth-order valence-corrected chi connectivity index (χ4v) is 3.41. The van der Waals surface area contributed by atoms with Crippen LogP contribution in [-0.4, -0.2) is 16.7 Å². The molecular formula is C23H18F3N3O2. The van der Waals surface area contributed by atoms with Crippen LogP contribution in [0.4, 0.5) is 24.7 Å². The first-order chi connectivity index (χ1) is 14.9. The SMILES string of the molecule is COCc1cc(C(F)(F)F)c2c(=O)cc(Nc3ccccc3)n(-c3ccccc3)c2n1. The first-order valence-electron chi connectivity index (χ1n) is 9.42. The van der Waals surface area contributed by atoms with Gasteiger partial charge in [0.1, 0.15) is 5.82 Å². The Morgan fingerprint density at radius 2 is 1.65 bits per heavy atom. The lowest BCUT2D eigenvalue weighted by atomic mass is 10.1. The van der Waals surface area contributed by atoms with E-state index in [1.807, 2.05) is 18.2 Å². The zero-order valence-corrected chi connectivity index (χ0v) is 16.5. The van der Waals surface area contributed by atoms with Crippen molar-refractivity contribution in [2.75, 3.05) is 12.4 Å². The molecule has 0 bridgehead atoms. The van der Waals surface area contributed by atoms with Gasteiger partial charge in [0.05, 0.1) is 23.3 Å². The minimum atomic E-state index is -4.73. The Morgan fingerprint density at radius 1 is 1.00 bits per heavy atom. The van der Waals surface area contributed by atoms with E-state index in [2.05, 4.69) is 10.3 Å². The highest BCUT2D eigenvalue weighted by Gasteiger charge is 2.35. The number of nitrogens with one attached hydrogen (secondary N) is 1. The number of hydrogen-bond acceptors (Lipinski definition) is 4.